The number of carbonyl (C=O) groups is 1. The van der Waals surface area contributed by atoms with Crippen LogP contribution in [0.5, 0.6) is 0 Å². The van der Waals surface area contributed by atoms with Crippen LogP contribution in [0.2, 0.25) is 5.02 Å². The Morgan fingerprint density at radius 3 is 2.58 bits per heavy atom. The summed E-state index contributed by atoms with van der Waals surface area (Å²) in [6, 6.07) is 13.6. The summed E-state index contributed by atoms with van der Waals surface area (Å²) in [5.74, 6) is -0.0285. The van der Waals surface area contributed by atoms with Crippen LogP contribution in [0.15, 0.2) is 53.1 Å². The molecule has 4 aromatic rings. The number of benzene rings is 2. The van der Waals surface area contributed by atoms with Crippen molar-refractivity contribution in [1.29, 1.82) is 0 Å². The number of halogens is 2. The Labute approximate surface area is 195 Å². The minimum absolute atomic E-state index is 0.0285. The predicted molar refractivity (Wildman–Crippen MR) is 132 cm³/mol. The normalized spacial score (nSPS) is 11.6. The van der Waals surface area contributed by atoms with E-state index in [0.29, 0.717) is 22.6 Å². The van der Waals surface area contributed by atoms with Crippen molar-refractivity contribution in [2.75, 3.05) is 34.2 Å². The average molecular weight is 500 g/mol. The lowest BCUT2D eigenvalue weighted by Crippen LogP contribution is -2.33. The Morgan fingerprint density at radius 2 is 1.84 bits per heavy atom. The van der Waals surface area contributed by atoms with Crippen LogP contribution in [0.1, 0.15) is 10.4 Å². The number of likely N-dealkylation sites (N-methyl/N-ethyl adjacent to an activating group) is 2. The summed E-state index contributed by atoms with van der Waals surface area (Å²) in [7, 11) is 7.85. The molecule has 160 valence electrons. The quantitative estimate of drug-likeness (QED) is 0.367. The Hall–Kier alpha value is -2.41. The highest BCUT2D eigenvalue weighted by Gasteiger charge is 2.19. The van der Waals surface area contributed by atoms with Crippen LogP contribution in [0.4, 0.5) is 0 Å². The Kier molecular flexibility index (Phi) is 6.06. The molecule has 0 saturated heterocycles. The summed E-state index contributed by atoms with van der Waals surface area (Å²) in [4.78, 5) is 22.1. The molecular formula is C24H24BrClN4O. The van der Waals surface area contributed by atoms with Crippen LogP contribution in [0.25, 0.3) is 33.1 Å². The van der Waals surface area contributed by atoms with E-state index in [1.54, 1.807) is 11.0 Å². The molecule has 0 saturated carbocycles. The average Bonchev–Trinajstić information content (AvgIpc) is 3.05. The lowest BCUT2D eigenvalue weighted by atomic mass is 10.0. The summed E-state index contributed by atoms with van der Waals surface area (Å²) >= 11 is 9.84. The molecule has 0 unspecified atom stereocenters. The van der Waals surface area contributed by atoms with Gasteiger partial charge in [-0.05, 0) is 50.5 Å². The number of nitrogens with zero attached hydrogens (tertiary/aromatic N) is 4. The van der Waals surface area contributed by atoms with Crippen LogP contribution in [-0.4, -0.2) is 59.5 Å². The molecule has 0 atom stereocenters. The maximum Gasteiger partial charge on any atom is 0.254 e. The molecular weight excluding hydrogens is 476 g/mol. The van der Waals surface area contributed by atoms with Gasteiger partial charge in [-0.15, -0.1) is 0 Å². The van der Waals surface area contributed by atoms with Gasteiger partial charge in [-0.2, -0.15) is 0 Å². The number of amides is 1. The highest BCUT2D eigenvalue weighted by molar-refractivity contribution is 9.10. The van der Waals surface area contributed by atoms with Crippen molar-refractivity contribution >= 4 is 55.2 Å². The second kappa shape index (κ2) is 8.61. The van der Waals surface area contributed by atoms with Gasteiger partial charge in [0.05, 0.1) is 16.8 Å². The summed E-state index contributed by atoms with van der Waals surface area (Å²) in [5.41, 5.74) is 4.17. The molecule has 0 aliphatic rings. The lowest BCUT2D eigenvalue weighted by Gasteiger charge is -2.21. The minimum atomic E-state index is -0.0285. The molecule has 0 spiro atoms. The highest BCUT2D eigenvalue weighted by Crippen LogP contribution is 2.34. The molecule has 1 amide bonds. The maximum atomic E-state index is 13.4. The zero-order valence-corrected chi connectivity index (χ0v) is 20.3. The standard InChI is InChI=1S/C24H24BrClN4O/c1-28(2)9-10-29(3)24(31)19-13-22(27-21-12-16(26)6-7-17(19)21)20-14-30(4)23-8-5-15(25)11-18(20)23/h5-8,11-14H,9-10H2,1-4H3. The zero-order valence-electron chi connectivity index (χ0n) is 18.0. The van der Waals surface area contributed by atoms with Crippen LogP contribution in [0, 0.1) is 0 Å². The van der Waals surface area contributed by atoms with E-state index < -0.39 is 0 Å². The van der Waals surface area contributed by atoms with Crippen molar-refractivity contribution in [2.45, 2.75) is 0 Å². The topological polar surface area (TPSA) is 41.4 Å². The van der Waals surface area contributed by atoms with E-state index in [-0.39, 0.29) is 5.91 Å². The van der Waals surface area contributed by atoms with Gasteiger partial charge in [0, 0.05) is 64.7 Å². The molecule has 0 N–H and O–H groups in total. The third-order valence-electron chi connectivity index (χ3n) is 5.46. The molecule has 0 aliphatic carbocycles. The third kappa shape index (κ3) is 4.33. The first-order chi connectivity index (χ1) is 14.7. The molecule has 0 bridgehead atoms. The first-order valence-corrected chi connectivity index (χ1v) is 11.2. The van der Waals surface area contributed by atoms with Gasteiger partial charge < -0.3 is 14.4 Å². The number of hydrogen-bond acceptors (Lipinski definition) is 3. The van der Waals surface area contributed by atoms with E-state index >= 15 is 0 Å². The first-order valence-electron chi connectivity index (χ1n) is 10.00. The molecule has 31 heavy (non-hydrogen) atoms. The second-order valence-electron chi connectivity index (χ2n) is 8.06. The van der Waals surface area contributed by atoms with Crippen molar-refractivity contribution in [1.82, 2.24) is 19.4 Å². The van der Waals surface area contributed by atoms with Gasteiger partial charge in [0.25, 0.3) is 5.91 Å². The smallest absolute Gasteiger partial charge is 0.254 e. The number of hydrogen-bond donors (Lipinski definition) is 0. The molecule has 0 aliphatic heterocycles. The van der Waals surface area contributed by atoms with E-state index in [1.807, 2.05) is 52.5 Å². The minimum Gasteiger partial charge on any atom is -0.350 e. The molecule has 0 fully saturated rings. The van der Waals surface area contributed by atoms with Crippen LogP contribution in [0.3, 0.4) is 0 Å². The van der Waals surface area contributed by atoms with E-state index in [9.17, 15) is 4.79 Å². The summed E-state index contributed by atoms with van der Waals surface area (Å²) in [5, 5.41) is 2.47. The van der Waals surface area contributed by atoms with E-state index in [2.05, 4.69) is 43.7 Å². The van der Waals surface area contributed by atoms with Crippen molar-refractivity contribution < 1.29 is 4.79 Å². The van der Waals surface area contributed by atoms with Crippen LogP contribution >= 0.6 is 27.5 Å². The fourth-order valence-corrected chi connectivity index (χ4v) is 4.27. The second-order valence-corrected chi connectivity index (χ2v) is 9.41. The fourth-order valence-electron chi connectivity index (χ4n) is 3.74. The zero-order chi connectivity index (χ0) is 22.3. The maximum absolute atomic E-state index is 13.4. The van der Waals surface area contributed by atoms with E-state index in [4.69, 9.17) is 16.6 Å². The Balaban J connectivity index is 1.90. The van der Waals surface area contributed by atoms with E-state index in [0.717, 1.165) is 38.6 Å². The molecule has 7 heteroatoms. The largest absolute Gasteiger partial charge is 0.350 e. The van der Waals surface area contributed by atoms with Crippen molar-refractivity contribution in [2.24, 2.45) is 7.05 Å². The van der Waals surface area contributed by atoms with Gasteiger partial charge in [0.1, 0.15) is 0 Å². The van der Waals surface area contributed by atoms with Gasteiger partial charge in [0.15, 0.2) is 0 Å². The fraction of sp³-hybridized carbons (Fsp3) is 0.250. The summed E-state index contributed by atoms with van der Waals surface area (Å²) in [6.07, 6.45) is 2.06. The SMILES string of the molecule is CN(C)CCN(C)C(=O)c1cc(-c2cn(C)c3ccc(Br)cc23)nc2cc(Cl)ccc12. The van der Waals surface area contributed by atoms with Crippen LogP contribution in [-0.2, 0) is 7.05 Å². The van der Waals surface area contributed by atoms with Crippen molar-refractivity contribution in [3.63, 3.8) is 0 Å². The van der Waals surface area contributed by atoms with Gasteiger partial charge in [-0.1, -0.05) is 33.6 Å². The van der Waals surface area contributed by atoms with Gasteiger partial charge in [-0.25, -0.2) is 4.98 Å². The van der Waals surface area contributed by atoms with E-state index in [1.165, 1.54) is 0 Å². The highest BCUT2D eigenvalue weighted by atomic mass is 79.9. The molecule has 2 aromatic heterocycles. The number of pyridine rings is 1. The number of carbonyl (C=O) groups excluding carboxylic acids is 1. The van der Waals surface area contributed by atoms with Crippen molar-refractivity contribution in [3.05, 3.63) is 63.7 Å². The van der Waals surface area contributed by atoms with Gasteiger partial charge in [0.2, 0.25) is 0 Å². The van der Waals surface area contributed by atoms with Gasteiger partial charge >= 0.3 is 0 Å². The monoisotopic (exact) mass is 498 g/mol. The molecule has 2 heterocycles. The van der Waals surface area contributed by atoms with Gasteiger partial charge in [-0.3, -0.25) is 4.79 Å². The predicted octanol–water partition coefficient (Wildman–Crippen LogP) is 5.44. The Morgan fingerprint density at radius 1 is 1.06 bits per heavy atom. The molecule has 0 radical (unpaired) electrons. The van der Waals surface area contributed by atoms with Crippen molar-refractivity contribution in [3.8, 4) is 11.3 Å². The van der Waals surface area contributed by atoms with Crippen LogP contribution < -0.4 is 0 Å². The summed E-state index contributed by atoms with van der Waals surface area (Å²) < 4.78 is 3.07. The molecule has 2 aromatic carbocycles. The molecule has 4 rings (SSSR count). The number of fused-ring (bicyclic) bond motifs is 2. The molecule has 5 nitrogen and oxygen atoms in total. The third-order valence-corrected chi connectivity index (χ3v) is 6.19. The lowest BCUT2D eigenvalue weighted by molar-refractivity contribution is 0.0788. The Bertz CT molecular complexity index is 1300. The summed E-state index contributed by atoms with van der Waals surface area (Å²) in [6.45, 7) is 1.43. The number of aromatic nitrogens is 2. The first kappa shape index (κ1) is 21.8. The number of aryl methyl sites for hydroxylation is 1. The number of rotatable bonds is 5.